The molecule has 2 aliphatic rings. The fraction of sp³-hybridized carbons (Fsp3) is 0.440. The number of hydrogen-bond acceptors (Lipinski definition) is 4. The van der Waals surface area contributed by atoms with E-state index in [4.69, 9.17) is 4.74 Å². The minimum absolute atomic E-state index is 0.0301. The second-order valence-corrected chi connectivity index (χ2v) is 8.35. The quantitative estimate of drug-likeness (QED) is 0.693. The van der Waals surface area contributed by atoms with Gasteiger partial charge in [-0.2, -0.15) is 0 Å². The highest BCUT2D eigenvalue weighted by Gasteiger charge is 2.38. The van der Waals surface area contributed by atoms with Crippen molar-refractivity contribution in [3.05, 3.63) is 59.9 Å². The summed E-state index contributed by atoms with van der Waals surface area (Å²) in [5.41, 5.74) is 1.40. The number of rotatable bonds is 6. The molecule has 2 aliphatic heterocycles. The summed E-state index contributed by atoms with van der Waals surface area (Å²) in [5.74, 6) is 0.0980. The molecule has 2 heterocycles. The van der Waals surface area contributed by atoms with E-state index in [9.17, 15) is 14.0 Å². The Labute approximate surface area is 188 Å². The van der Waals surface area contributed by atoms with E-state index < -0.39 is 0 Å². The van der Waals surface area contributed by atoms with Crippen LogP contribution in [0.15, 0.2) is 48.5 Å². The second-order valence-electron chi connectivity index (χ2n) is 8.35. The summed E-state index contributed by atoms with van der Waals surface area (Å²) in [4.78, 5) is 31.7. The molecule has 0 aliphatic carbocycles. The van der Waals surface area contributed by atoms with Gasteiger partial charge in [-0.1, -0.05) is 30.3 Å². The smallest absolute Gasteiger partial charge is 0.228 e. The fourth-order valence-corrected chi connectivity index (χ4v) is 4.54. The number of halogens is 1. The summed E-state index contributed by atoms with van der Waals surface area (Å²) >= 11 is 0. The highest BCUT2D eigenvalue weighted by atomic mass is 19.1. The molecule has 7 heteroatoms. The zero-order chi connectivity index (χ0) is 22.5. The van der Waals surface area contributed by atoms with Crippen LogP contribution in [0.2, 0.25) is 0 Å². The van der Waals surface area contributed by atoms with Gasteiger partial charge in [0.25, 0.3) is 0 Å². The van der Waals surface area contributed by atoms with Crippen LogP contribution in [0.5, 0.6) is 5.75 Å². The average Bonchev–Trinajstić information content (AvgIpc) is 3.03. The van der Waals surface area contributed by atoms with E-state index in [2.05, 4.69) is 4.90 Å². The first-order valence-electron chi connectivity index (χ1n) is 11.3. The highest BCUT2D eigenvalue weighted by molar-refractivity contribution is 6.01. The number of anilines is 1. The first kappa shape index (κ1) is 22.3. The Morgan fingerprint density at radius 2 is 1.84 bits per heavy atom. The van der Waals surface area contributed by atoms with Gasteiger partial charge in [0.2, 0.25) is 11.8 Å². The van der Waals surface area contributed by atoms with Crippen LogP contribution in [0.1, 0.15) is 25.3 Å². The molecule has 0 radical (unpaired) electrons. The highest BCUT2D eigenvalue weighted by Crippen LogP contribution is 2.33. The predicted octanol–water partition coefficient (Wildman–Crippen LogP) is 3.31. The lowest BCUT2D eigenvalue weighted by molar-refractivity contribution is -0.135. The topological polar surface area (TPSA) is 53.1 Å². The van der Waals surface area contributed by atoms with Crippen LogP contribution in [0.3, 0.4) is 0 Å². The molecule has 2 fully saturated rings. The molecule has 32 heavy (non-hydrogen) atoms. The number of hydrogen-bond donors (Lipinski definition) is 0. The van der Waals surface area contributed by atoms with Gasteiger partial charge in [0.05, 0.1) is 18.2 Å². The van der Waals surface area contributed by atoms with Gasteiger partial charge in [0.15, 0.2) is 0 Å². The van der Waals surface area contributed by atoms with Gasteiger partial charge in [-0.15, -0.1) is 0 Å². The van der Waals surface area contributed by atoms with Gasteiger partial charge in [0, 0.05) is 51.3 Å². The summed E-state index contributed by atoms with van der Waals surface area (Å²) in [6.07, 6.45) is 1.05. The number of para-hydroxylation sites is 2. The van der Waals surface area contributed by atoms with Crippen molar-refractivity contribution < 1.29 is 18.7 Å². The Kier molecular flexibility index (Phi) is 7.05. The molecule has 0 spiro atoms. The van der Waals surface area contributed by atoms with Crippen LogP contribution in [0.25, 0.3) is 0 Å². The van der Waals surface area contributed by atoms with Gasteiger partial charge in [0.1, 0.15) is 11.6 Å². The SMILES string of the molecule is CCOc1ccccc1N1CC(C(=O)N2CCCN(Cc3ccccc3F)CC2)CC1=O. The fourth-order valence-electron chi connectivity index (χ4n) is 4.54. The minimum atomic E-state index is -0.352. The van der Waals surface area contributed by atoms with Crippen LogP contribution in [-0.2, 0) is 16.1 Å². The van der Waals surface area contributed by atoms with E-state index in [0.29, 0.717) is 50.6 Å². The Morgan fingerprint density at radius 1 is 1.06 bits per heavy atom. The summed E-state index contributed by atoms with van der Waals surface area (Å²) < 4.78 is 19.7. The molecule has 0 bridgehead atoms. The lowest BCUT2D eigenvalue weighted by Crippen LogP contribution is -2.40. The summed E-state index contributed by atoms with van der Waals surface area (Å²) in [6, 6.07) is 14.3. The lowest BCUT2D eigenvalue weighted by atomic mass is 10.1. The molecule has 6 nitrogen and oxygen atoms in total. The predicted molar refractivity (Wildman–Crippen MR) is 121 cm³/mol. The summed E-state index contributed by atoms with van der Waals surface area (Å²) in [7, 11) is 0. The molecule has 1 unspecified atom stereocenters. The van der Waals surface area contributed by atoms with E-state index >= 15 is 0 Å². The Bertz CT molecular complexity index is 967. The number of ether oxygens (including phenoxy) is 1. The van der Waals surface area contributed by atoms with E-state index in [1.54, 1.807) is 11.0 Å². The number of nitrogens with zero attached hydrogens (tertiary/aromatic N) is 3. The van der Waals surface area contributed by atoms with Crippen molar-refractivity contribution >= 4 is 17.5 Å². The van der Waals surface area contributed by atoms with Crippen LogP contribution in [0.4, 0.5) is 10.1 Å². The molecular weight excluding hydrogens is 409 g/mol. The Morgan fingerprint density at radius 3 is 2.66 bits per heavy atom. The van der Waals surface area contributed by atoms with Crippen LogP contribution >= 0.6 is 0 Å². The zero-order valence-electron chi connectivity index (χ0n) is 18.5. The van der Waals surface area contributed by atoms with Crippen molar-refractivity contribution in [2.45, 2.75) is 26.3 Å². The Hall–Kier alpha value is -2.93. The number of carbonyl (C=O) groups excluding carboxylic acids is 2. The molecule has 1 atom stereocenters. The molecule has 170 valence electrons. The van der Waals surface area contributed by atoms with Gasteiger partial charge < -0.3 is 14.5 Å². The van der Waals surface area contributed by atoms with Crippen molar-refractivity contribution in [2.24, 2.45) is 5.92 Å². The van der Waals surface area contributed by atoms with E-state index in [-0.39, 0.29) is 30.0 Å². The standard InChI is InChI=1S/C25H30FN3O3/c1-2-32-23-11-6-5-10-22(23)29-18-20(16-24(29)30)25(31)28-13-7-12-27(14-15-28)17-19-8-3-4-9-21(19)26/h3-6,8-11,20H,2,7,12-18H2,1H3. The molecule has 2 aromatic rings. The maximum atomic E-state index is 14.0. The van der Waals surface area contributed by atoms with Crippen LogP contribution < -0.4 is 9.64 Å². The molecule has 0 saturated carbocycles. The average molecular weight is 440 g/mol. The van der Waals surface area contributed by atoms with Crippen molar-refractivity contribution in [1.82, 2.24) is 9.80 Å². The maximum Gasteiger partial charge on any atom is 0.228 e. The van der Waals surface area contributed by atoms with Crippen molar-refractivity contribution in [3.8, 4) is 5.75 Å². The molecule has 2 aromatic carbocycles. The van der Waals surface area contributed by atoms with Crippen LogP contribution in [0, 0.1) is 11.7 Å². The van der Waals surface area contributed by atoms with Gasteiger partial charge in [-0.05, 0) is 31.5 Å². The zero-order valence-corrected chi connectivity index (χ0v) is 18.5. The molecule has 2 saturated heterocycles. The monoisotopic (exact) mass is 439 g/mol. The number of amides is 2. The van der Waals surface area contributed by atoms with Crippen molar-refractivity contribution in [1.29, 1.82) is 0 Å². The third-order valence-electron chi connectivity index (χ3n) is 6.18. The van der Waals surface area contributed by atoms with Gasteiger partial charge in [-0.3, -0.25) is 14.5 Å². The van der Waals surface area contributed by atoms with Crippen molar-refractivity contribution in [3.63, 3.8) is 0 Å². The van der Waals surface area contributed by atoms with E-state index in [1.807, 2.05) is 48.2 Å². The molecule has 0 N–H and O–H groups in total. The van der Waals surface area contributed by atoms with E-state index in [0.717, 1.165) is 18.7 Å². The second kappa shape index (κ2) is 10.1. The minimum Gasteiger partial charge on any atom is -0.492 e. The third kappa shape index (κ3) is 4.93. The van der Waals surface area contributed by atoms with E-state index in [1.165, 1.54) is 6.07 Å². The Balaban J connectivity index is 1.38. The third-order valence-corrected chi connectivity index (χ3v) is 6.18. The summed E-state index contributed by atoms with van der Waals surface area (Å²) in [5, 5.41) is 0. The first-order valence-corrected chi connectivity index (χ1v) is 11.3. The summed E-state index contributed by atoms with van der Waals surface area (Å²) in [6.45, 7) is 6.09. The maximum absolute atomic E-state index is 14.0. The molecule has 2 amide bonds. The normalized spacial score (nSPS) is 19.8. The molecular formula is C25H30FN3O3. The molecule has 0 aromatic heterocycles. The van der Waals surface area contributed by atoms with Crippen molar-refractivity contribution in [2.75, 3.05) is 44.2 Å². The number of carbonyl (C=O) groups is 2. The first-order chi connectivity index (χ1) is 15.6. The van der Waals surface area contributed by atoms with Gasteiger partial charge in [-0.25, -0.2) is 4.39 Å². The van der Waals surface area contributed by atoms with Gasteiger partial charge >= 0.3 is 0 Å². The largest absolute Gasteiger partial charge is 0.492 e. The number of benzene rings is 2. The molecule has 4 rings (SSSR count). The lowest BCUT2D eigenvalue weighted by Gasteiger charge is -2.25. The van der Waals surface area contributed by atoms with Crippen LogP contribution in [-0.4, -0.2) is 60.9 Å².